The molecule has 2 aromatic rings. The third-order valence-corrected chi connectivity index (χ3v) is 2.98. The van der Waals surface area contributed by atoms with E-state index < -0.39 is 0 Å². The fraction of sp³-hybridized carbons (Fsp3) is 0.0625. The van der Waals surface area contributed by atoms with Gasteiger partial charge in [-0.2, -0.15) is 0 Å². The Morgan fingerprint density at radius 2 is 1.58 bits per heavy atom. The Labute approximate surface area is 122 Å². The van der Waals surface area contributed by atoms with Crippen molar-refractivity contribution in [2.45, 2.75) is 6.54 Å². The second-order valence-electron chi connectivity index (χ2n) is 4.10. The molecule has 0 fully saturated rings. The van der Waals surface area contributed by atoms with Crippen molar-refractivity contribution in [1.29, 1.82) is 0 Å². The van der Waals surface area contributed by atoms with Gasteiger partial charge in [-0.15, -0.1) is 6.07 Å². The molecular formula is C16H10MnNO-. The molecule has 1 aliphatic rings. The topological polar surface area (TPSA) is 20.3 Å². The minimum Gasteiger partial charge on any atom is -0.472 e. The molecule has 0 unspecified atom stereocenters. The fourth-order valence-electron chi connectivity index (χ4n) is 2.07. The Balaban J connectivity index is 0.00000133. The summed E-state index contributed by atoms with van der Waals surface area (Å²) >= 11 is 0. The van der Waals surface area contributed by atoms with E-state index in [0.717, 1.165) is 22.4 Å². The van der Waals surface area contributed by atoms with E-state index in [1.54, 1.807) is 4.90 Å². The largest absolute Gasteiger partial charge is 0.472 e. The van der Waals surface area contributed by atoms with Gasteiger partial charge < -0.3 is 9.69 Å². The SMILES string of the molecule is O=[C-]N1Cc2ccccc2C#Cc2ccccc21.[Mn]. The van der Waals surface area contributed by atoms with Crippen LogP contribution in [0.4, 0.5) is 5.69 Å². The summed E-state index contributed by atoms with van der Waals surface area (Å²) in [5.41, 5.74) is 3.68. The van der Waals surface area contributed by atoms with Gasteiger partial charge in [0.1, 0.15) is 0 Å². The van der Waals surface area contributed by atoms with Crippen molar-refractivity contribution >= 4 is 12.1 Å². The molecule has 0 aromatic heterocycles. The molecule has 19 heavy (non-hydrogen) atoms. The summed E-state index contributed by atoms with van der Waals surface area (Å²) in [5.74, 6) is 6.27. The van der Waals surface area contributed by atoms with Crippen molar-refractivity contribution in [3.05, 3.63) is 65.2 Å². The van der Waals surface area contributed by atoms with Crippen molar-refractivity contribution in [3.63, 3.8) is 0 Å². The van der Waals surface area contributed by atoms with E-state index in [1.165, 1.54) is 0 Å². The van der Waals surface area contributed by atoms with E-state index in [2.05, 4.69) is 11.8 Å². The van der Waals surface area contributed by atoms with Crippen molar-refractivity contribution in [3.8, 4) is 11.8 Å². The second kappa shape index (κ2) is 5.75. The van der Waals surface area contributed by atoms with Crippen LogP contribution in [0.1, 0.15) is 16.7 Å². The summed E-state index contributed by atoms with van der Waals surface area (Å²) in [6.07, 6.45) is 1.98. The standard InChI is InChI=1S/C16H10NO.Mn/c18-12-17-11-15-7-2-1-5-13(15)9-10-14-6-3-4-8-16(14)17;/h1-8H,11H2;/q-1;. The molecule has 0 N–H and O–H groups in total. The van der Waals surface area contributed by atoms with E-state index in [9.17, 15) is 4.79 Å². The molecule has 2 nitrogen and oxygen atoms in total. The number of para-hydroxylation sites is 1. The average molecular weight is 287 g/mol. The van der Waals surface area contributed by atoms with E-state index >= 15 is 0 Å². The number of carbonyl (C=O) groups excluding carboxylic acids is 1. The number of rotatable bonds is 1. The molecule has 0 saturated carbocycles. The molecular weight excluding hydrogens is 277 g/mol. The maximum absolute atomic E-state index is 11.2. The monoisotopic (exact) mass is 287 g/mol. The molecule has 0 spiro atoms. The number of hydrogen-bond donors (Lipinski definition) is 0. The van der Waals surface area contributed by atoms with Gasteiger partial charge in [-0.1, -0.05) is 53.9 Å². The van der Waals surface area contributed by atoms with Crippen LogP contribution in [0.15, 0.2) is 48.5 Å². The van der Waals surface area contributed by atoms with Gasteiger partial charge >= 0.3 is 0 Å². The number of benzene rings is 2. The predicted octanol–water partition coefficient (Wildman–Crippen LogP) is 2.47. The first-order valence-corrected chi connectivity index (χ1v) is 5.73. The van der Waals surface area contributed by atoms with Crippen LogP contribution in [0.25, 0.3) is 0 Å². The third kappa shape index (κ3) is 2.56. The third-order valence-electron chi connectivity index (χ3n) is 2.98. The van der Waals surface area contributed by atoms with E-state index in [1.807, 2.05) is 54.9 Å². The van der Waals surface area contributed by atoms with Gasteiger partial charge in [-0.05, 0) is 17.2 Å². The molecule has 2 aromatic carbocycles. The van der Waals surface area contributed by atoms with Crippen LogP contribution in [0.3, 0.4) is 0 Å². The van der Waals surface area contributed by atoms with Crippen LogP contribution >= 0.6 is 0 Å². The van der Waals surface area contributed by atoms with Gasteiger partial charge in [0.25, 0.3) is 0 Å². The summed E-state index contributed by atoms with van der Waals surface area (Å²) in [4.78, 5) is 12.7. The normalized spacial score (nSPS) is 11.7. The molecule has 0 atom stereocenters. The molecule has 0 aliphatic carbocycles. The zero-order chi connectivity index (χ0) is 12.4. The first-order chi connectivity index (χ1) is 8.88. The number of amides is 1. The Hall–Kier alpha value is -2.01. The van der Waals surface area contributed by atoms with Crippen LogP contribution < -0.4 is 4.90 Å². The minimum atomic E-state index is 0. The Bertz CT molecular complexity index is 670. The molecule has 93 valence electrons. The number of fused-ring (bicyclic) bond motifs is 2. The summed E-state index contributed by atoms with van der Waals surface area (Å²) in [6.45, 7) is 0.505. The van der Waals surface area contributed by atoms with Crippen LogP contribution in [0.5, 0.6) is 0 Å². The summed E-state index contributed by atoms with van der Waals surface area (Å²) in [7, 11) is 0. The van der Waals surface area contributed by atoms with Crippen molar-refractivity contribution in [2.75, 3.05) is 4.90 Å². The van der Waals surface area contributed by atoms with Gasteiger partial charge in [0.15, 0.2) is 0 Å². The van der Waals surface area contributed by atoms with Crippen molar-refractivity contribution in [1.82, 2.24) is 0 Å². The first-order valence-electron chi connectivity index (χ1n) is 5.73. The molecule has 3 rings (SSSR count). The maximum atomic E-state index is 11.2. The Morgan fingerprint density at radius 3 is 2.37 bits per heavy atom. The zero-order valence-electron chi connectivity index (χ0n) is 10.1. The zero-order valence-corrected chi connectivity index (χ0v) is 11.2. The van der Waals surface area contributed by atoms with Crippen LogP contribution in [-0.2, 0) is 28.4 Å². The second-order valence-corrected chi connectivity index (χ2v) is 4.10. The van der Waals surface area contributed by atoms with E-state index in [4.69, 9.17) is 0 Å². The molecule has 1 amide bonds. The number of hydrogen-bond acceptors (Lipinski definition) is 1. The first kappa shape index (κ1) is 13.4. The number of anilines is 1. The molecule has 0 bridgehead atoms. The minimum absolute atomic E-state index is 0. The predicted molar refractivity (Wildman–Crippen MR) is 70.7 cm³/mol. The van der Waals surface area contributed by atoms with Gasteiger partial charge in [0.2, 0.25) is 0 Å². The fourth-order valence-corrected chi connectivity index (χ4v) is 2.07. The van der Waals surface area contributed by atoms with Crippen molar-refractivity contribution in [2.24, 2.45) is 0 Å². The van der Waals surface area contributed by atoms with Gasteiger partial charge in [0.05, 0.1) is 6.41 Å². The van der Waals surface area contributed by atoms with Crippen LogP contribution in [0.2, 0.25) is 0 Å². The quantitative estimate of drug-likeness (QED) is 0.448. The smallest absolute Gasteiger partial charge is 0.0722 e. The average Bonchev–Trinajstić information content (AvgIpc) is 2.41. The summed E-state index contributed by atoms with van der Waals surface area (Å²) in [5, 5.41) is 0. The molecule has 1 heterocycles. The van der Waals surface area contributed by atoms with Gasteiger partial charge in [-0.3, -0.25) is 0 Å². The number of nitrogens with zero attached hydrogens (tertiary/aromatic N) is 1. The van der Waals surface area contributed by atoms with Crippen molar-refractivity contribution < 1.29 is 21.9 Å². The molecule has 1 aliphatic heterocycles. The maximum Gasteiger partial charge on any atom is 0.0722 e. The molecule has 1 radical (unpaired) electrons. The van der Waals surface area contributed by atoms with Gasteiger partial charge in [-0.25, -0.2) is 0 Å². The molecule has 3 heteroatoms. The van der Waals surface area contributed by atoms with E-state index in [-0.39, 0.29) is 17.1 Å². The Kier molecular flexibility index (Phi) is 4.06. The summed E-state index contributed by atoms with van der Waals surface area (Å²) < 4.78 is 0. The van der Waals surface area contributed by atoms with Crippen LogP contribution in [-0.4, -0.2) is 6.41 Å². The van der Waals surface area contributed by atoms with E-state index in [0.29, 0.717) is 6.54 Å². The van der Waals surface area contributed by atoms with Gasteiger partial charge in [0, 0.05) is 29.2 Å². The molecule has 0 saturated heterocycles. The summed E-state index contributed by atoms with van der Waals surface area (Å²) in [6, 6.07) is 15.5. The van der Waals surface area contributed by atoms with Crippen LogP contribution in [0, 0.1) is 11.8 Å². The Morgan fingerprint density at radius 1 is 0.947 bits per heavy atom.